The fourth-order valence-corrected chi connectivity index (χ4v) is 7.42. The molecule has 6 aromatic rings. The number of carbonyl (C=O) groups is 1. The van der Waals surface area contributed by atoms with Crippen LogP contribution in [0.4, 0.5) is 4.79 Å². The molecule has 2 aliphatic rings. The smallest absolute Gasteiger partial charge is 0.508 e. The lowest BCUT2D eigenvalue weighted by Gasteiger charge is -2.45. The second-order valence-corrected chi connectivity index (χ2v) is 14.0. The van der Waals surface area contributed by atoms with Crippen molar-refractivity contribution < 1.29 is 43.1 Å². The lowest BCUT2D eigenvalue weighted by molar-refractivity contribution is -0.300. The second-order valence-electron chi connectivity index (χ2n) is 14.0. The number of carbonyl (C=O) groups excluding carboxylic acids is 1. The van der Waals surface area contributed by atoms with Gasteiger partial charge in [0.25, 0.3) is 0 Å². The van der Waals surface area contributed by atoms with E-state index in [0.717, 1.165) is 38.9 Å². The van der Waals surface area contributed by atoms with E-state index in [4.69, 9.17) is 33.2 Å². The van der Waals surface area contributed by atoms with Crippen LogP contribution in [0.25, 0.3) is 11.1 Å². The third-order valence-electron chi connectivity index (χ3n) is 10.2. The molecule has 0 aromatic heterocycles. The van der Waals surface area contributed by atoms with Crippen molar-refractivity contribution in [3.63, 3.8) is 0 Å². The molecule has 1 N–H and O–H groups in total. The second kappa shape index (κ2) is 18.3. The number of phenols is 1. The van der Waals surface area contributed by atoms with Gasteiger partial charge in [0, 0.05) is 5.92 Å². The quantitative estimate of drug-likeness (QED) is 0.103. The number of benzene rings is 6. The molecule has 1 saturated heterocycles. The van der Waals surface area contributed by atoms with Gasteiger partial charge in [0.05, 0.1) is 26.4 Å². The Kier molecular flexibility index (Phi) is 12.2. The minimum Gasteiger partial charge on any atom is -0.508 e. The summed E-state index contributed by atoms with van der Waals surface area (Å²) in [4.78, 5) is 13.9. The number of hydrogen-bond acceptors (Lipinski definition) is 9. The molecule has 5 atom stereocenters. The molecule has 1 aliphatic heterocycles. The molecule has 5 unspecified atom stereocenters. The van der Waals surface area contributed by atoms with Crippen LogP contribution in [0.15, 0.2) is 164 Å². The molecule has 0 amide bonds. The van der Waals surface area contributed by atoms with Crippen LogP contribution in [0.1, 0.15) is 33.7 Å². The van der Waals surface area contributed by atoms with Crippen LogP contribution < -0.4 is 4.74 Å². The first-order valence-corrected chi connectivity index (χ1v) is 19.1. The predicted octanol–water partition coefficient (Wildman–Crippen LogP) is 9.22. The maximum absolute atomic E-state index is 13.9. The highest BCUT2D eigenvalue weighted by molar-refractivity contribution is 5.79. The summed E-state index contributed by atoms with van der Waals surface area (Å²) in [5.74, 6) is 0.284. The van der Waals surface area contributed by atoms with Gasteiger partial charge in [-0.3, -0.25) is 0 Å². The number of ether oxygens (including phenoxy) is 7. The maximum Gasteiger partial charge on any atom is 0.508 e. The van der Waals surface area contributed by atoms with Crippen LogP contribution in [0.2, 0.25) is 0 Å². The van der Waals surface area contributed by atoms with Gasteiger partial charge in [-0.25, -0.2) is 4.79 Å². The van der Waals surface area contributed by atoms with Gasteiger partial charge in [-0.15, -0.1) is 0 Å². The molecule has 1 heterocycles. The van der Waals surface area contributed by atoms with Gasteiger partial charge in [0.2, 0.25) is 6.29 Å². The van der Waals surface area contributed by atoms with Crippen molar-refractivity contribution in [1.29, 1.82) is 0 Å². The van der Waals surface area contributed by atoms with Gasteiger partial charge < -0.3 is 38.3 Å². The van der Waals surface area contributed by atoms with E-state index in [1.54, 1.807) is 12.1 Å². The van der Waals surface area contributed by atoms with E-state index in [1.807, 2.05) is 115 Å². The number of aromatic hydroxyl groups is 1. The van der Waals surface area contributed by atoms with Crippen molar-refractivity contribution in [3.05, 3.63) is 192 Å². The lowest BCUT2D eigenvalue weighted by atomic mass is 9.97. The van der Waals surface area contributed by atoms with Gasteiger partial charge in [-0.1, -0.05) is 140 Å². The largest absolute Gasteiger partial charge is 0.508 e. The monoisotopic (exact) mass is 764 g/mol. The van der Waals surface area contributed by atoms with E-state index >= 15 is 0 Å². The predicted molar refractivity (Wildman–Crippen MR) is 213 cm³/mol. The first-order valence-electron chi connectivity index (χ1n) is 19.1. The summed E-state index contributed by atoms with van der Waals surface area (Å²) in [6.07, 6.45) is -5.66. The highest BCUT2D eigenvalue weighted by Crippen LogP contribution is 2.44. The van der Waals surface area contributed by atoms with E-state index in [9.17, 15) is 9.90 Å². The van der Waals surface area contributed by atoms with Crippen molar-refractivity contribution in [2.75, 3.05) is 13.2 Å². The molecular formula is C48H44O9. The molecule has 0 bridgehead atoms. The van der Waals surface area contributed by atoms with Gasteiger partial charge in [-0.2, -0.15) is 0 Å². The van der Waals surface area contributed by atoms with E-state index in [0.29, 0.717) is 12.4 Å². The van der Waals surface area contributed by atoms with Gasteiger partial charge in [-0.05, 0) is 63.2 Å². The maximum atomic E-state index is 13.9. The zero-order chi connectivity index (χ0) is 38.8. The molecule has 6 aromatic carbocycles. The summed E-state index contributed by atoms with van der Waals surface area (Å²) in [5, 5.41) is 10.0. The molecule has 0 radical (unpaired) electrons. The Hall–Kier alpha value is -5.97. The fourth-order valence-electron chi connectivity index (χ4n) is 7.42. The minimum atomic E-state index is -1.18. The topological polar surface area (TPSA) is 102 Å². The van der Waals surface area contributed by atoms with E-state index in [1.165, 1.54) is 12.1 Å². The average Bonchev–Trinajstić information content (AvgIpc) is 3.58. The number of rotatable bonds is 15. The molecule has 0 spiro atoms. The molecule has 9 heteroatoms. The Bertz CT molecular complexity index is 2130. The third-order valence-corrected chi connectivity index (χ3v) is 10.2. The summed E-state index contributed by atoms with van der Waals surface area (Å²) < 4.78 is 44.9. The van der Waals surface area contributed by atoms with Gasteiger partial charge in [0.15, 0.2) is 6.10 Å². The standard InChI is InChI=1S/C48H44O9/c49-36-24-26-37(27-25-36)55-47-46(57-48(50)54-31-42-40-22-12-10-20-38(40)39-21-11-13-23-41(39)42)45(53-30-35-18-8-3-9-19-35)44(52-29-34-16-6-2-7-17-34)43(56-47)32-51-28-33-14-4-1-5-15-33/h1-27,42-47,49H,28-32H2. The van der Waals surface area contributed by atoms with E-state index < -0.39 is 36.9 Å². The Morgan fingerprint density at radius 2 is 1.05 bits per heavy atom. The average molecular weight is 765 g/mol. The summed E-state index contributed by atoms with van der Waals surface area (Å²) in [7, 11) is 0. The molecule has 57 heavy (non-hydrogen) atoms. The molecule has 1 aliphatic carbocycles. The Labute approximate surface area is 332 Å². The van der Waals surface area contributed by atoms with Crippen molar-refractivity contribution in [2.45, 2.75) is 56.4 Å². The van der Waals surface area contributed by atoms with Crippen LogP contribution in [0.3, 0.4) is 0 Å². The number of fused-ring (bicyclic) bond motifs is 3. The van der Waals surface area contributed by atoms with Gasteiger partial charge >= 0.3 is 6.16 Å². The molecular weight excluding hydrogens is 721 g/mol. The Morgan fingerprint density at radius 1 is 0.544 bits per heavy atom. The third kappa shape index (κ3) is 9.36. The number of hydrogen-bond donors (Lipinski definition) is 1. The number of phenolic OH excluding ortho intramolecular Hbond substituents is 1. The SMILES string of the molecule is O=C(OCC1c2ccccc2-c2ccccc21)OC1C(Oc2ccc(O)cc2)OC(COCc2ccccc2)C(OCc2ccccc2)C1OCc1ccccc1. The van der Waals surface area contributed by atoms with Crippen LogP contribution in [-0.4, -0.2) is 55.2 Å². The van der Waals surface area contributed by atoms with Crippen LogP contribution in [0.5, 0.6) is 11.5 Å². The fraction of sp³-hybridized carbons (Fsp3) is 0.229. The first-order chi connectivity index (χ1) is 28.1. The zero-order valence-corrected chi connectivity index (χ0v) is 31.3. The van der Waals surface area contributed by atoms with Crippen LogP contribution in [0, 0.1) is 0 Å². The molecule has 0 saturated carbocycles. The van der Waals surface area contributed by atoms with E-state index in [-0.39, 0.29) is 38.1 Å². The first kappa shape index (κ1) is 37.9. The Morgan fingerprint density at radius 3 is 1.63 bits per heavy atom. The highest BCUT2D eigenvalue weighted by Gasteiger charge is 2.51. The molecule has 9 nitrogen and oxygen atoms in total. The van der Waals surface area contributed by atoms with Gasteiger partial charge in [0.1, 0.15) is 36.4 Å². The molecule has 1 fully saturated rings. The van der Waals surface area contributed by atoms with Crippen LogP contribution in [-0.2, 0) is 48.2 Å². The summed E-state index contributed by atoms with van der Waals surface area (Å²) >= 11 is 0. The molecule has 8 rings (SSSR count). The summed E-state index contributed by atoms with van der Waals surface area (Å²) in [6, 6.07) is 51.9. The van der Waals surface area contributed by atoms with Crippen molar-refractivity contribution in [3.8, 4) is 22.6 Å². The van der Waals surface area contributed by atoms with Crippen LogP contribution >= 0.6 is 0 Å². The van der Waals surface area contributed by atoms with Crippen molar-refractivity contribution in [1.82, 2.24) is 0 Å². The summed E-state index contributed by atoms with van der Waals surface area (Å²) in [5.41, 5.74) is 7.26. The normalized spacial score (nSPS) is 20.0. The summed E-state index contributed by atoms with van der Waals surface area (Å²) in [6.45, 7) is 0.933. The highest BCUT2D eigenvalue weighted by atomic mass is 16.8. The van der Waals surface area contributed by atoms with E-state index in [2.05, 4.69) is 24.3 Å². The zero-order valence-electron chi connectivity index (χ0n) is 31.3. The lowest BCUT2D eigenvalue weighted by Crippen LogP contribution is -2.63. The molecule has 290 valence electrons. The minimum absolute atomic E-state index is 0.0589. The Balaban J connectivity index is 1.09. The van der Waals surface area contributed by atoms with Crippen molar-refractivity contribution in [2.24, 2.45) is 0 Å². The van der Waals surface area contributed by atoms with Crippen molar-refractivity contribution >= 4 is 6.16 Å².